The van der Waals surface area contributed by atoms with Gasteiger partial charge < -0.3 is 25.4 Å². The number of ketones is 1. The van der Waals surface area contributed by atoms with Gasteiger partial charge in [0.05, 0.1) is 25.5 Å². The summed E-state index contributed by atoms with van der Waals surface area (Å²) in [4.78, 5) is 48.9. The Kier molecular flexibility index (Phi) is 8.77. The lowest BCUT2D eigenvalue weighted by Crippen LogP contribution is -2.26. The maximum atomic E-state index is 12.6. The predicted octanol–water partition coefficient (Wildman–Crippen LogP) is 3.46. The van der Waals surface area contributed by atoms with Crippen LogP contribution in [0.15, 0.2) is 66.7 Å². The molecule has 186 valence electrons. The van der Waals surface area contributed by atoms with E-state index in [-0.39, 0.29) is 23.1 Å². The average molecular weight is 490 g/mol. The molecule has 0 aliphatic rings. The van der Waals surface area contributed by atoms with Gasteiger partial charge in [-0.05, 0) is 60.5 Å². The molecule has 3 aromatic carbocycles. The molecule has 0 aliphatic heterocycles. The minimum atomic E-state index is -0.861. The van der Waals surface area contributed by atoms with Crippen LogP contribution in [0.4, 0.5) is 11.4 Å². The molecule has 3 rings (SSSR count). The highest BCUT2D eigenvalue weighted by Gasteiger charge is 2.20. The second kappa shape index (κ2) is 12.2. The number of carbonyl (C=O) groups is 4. The average Bonchev–Trinajstić information content (AvgIpc) is 2.88. The van der Waals surface area contributed by atoms with E-state index in [2.05, 4.69) is 16.0 Å². The number of carbonyl (C=O) groups excluding carboxylic acids is 4. The summed E-state index contributed by atoms with van der Waals surface area (Å²) in [6.45, 7) is 1.73. The SMILES string of the molecule is COc1ccc(CCNC(=O)c2ccc(NC(=O)C(=O)c3ccccc3NC(C)=O)cc2)cc1OC. The summed E-state index contributed by atoms with van der Waals surface area (Å²) in [7, 11) is 3.13. The molecule has 0 spiro atoms. The first kappa shape index (κ1) is 26.0. The van der Waals surface area contributed by atoms with Gasteiger partial charge in [-0.1, -0.05) is 18.2 Å². The summed E-state index contributed by atoms with van der Waals surface area (Å²) < 4.78 is 10.5. The Labute approximate surface area is 208 Å². The smallest absolute Gasteiger partial charge is 0.296 e. The van der Waals surface area contributed by atoms with Gasteiger partial charge >= 0.3 is 0 Å². The third-order valence-corrected chi connectivity index (χ3v) is 5.24. The highest BCUT2D eigenvalue weighted by atomic mass is 16.5. The van der Waals surface area contributed by atoms with Crippen molar-refractivity contribution in [1.29, 1.82) is 0 Å². The fourth-order valence-electron chi connectivity index (χ4n) is 3.45. The monoisotopic (exact) mass is 489 g/mol. The van der Waals surface area contributed by atoms with Crippen LogP contribution in [0.25, 0.3) is 0 Å². The lowest BCUT2D eigenvalue weighted by atomic mass is 10.1. The number of benzene rings is 3. The third-order valence-electron chi connectivity index (χ3n) is 5.24. The number of hydrogen-bond acceptors (Lipinski definition) is 6. The number of hydrogen-bond donors (Lipinski definition) is 3. The molecule has 3 aromatic rings. The Morgan fingerprint density at radius 3 is 2.17 bits per heavy atom. The molecular formula is C27H27N3O6. The van der Waals surface area contributed by atoms with Gasteiger partial charge in [0, 0.05) is 24.7 Å². The molecule has 9 heteroatoms. The van der Waals surface area contributed by atoms with Crippen LogP contribution in [-0.2, 0) is 16.0 Å². The van der Waals surface area contributed by atoms with E-state index in [0.29, 0.717) is 35.7 Å². The van der Waals surface area contributed by atoms with Crippen molar-refractivity contribution in [3.05, 3.63) is 83.4 Å². The predicted molar refractivity (Wildman–Crippen MR) is 136 cm³/mol. The first-order valence-corrected chi connectivity index (χ1v) is 11.1. The van der Waals surface area contributed by atoms with Crippen molar-refractivity contribution in [2.24, 2.45) is 0 Å². The van der Waals surface area contributed by atoms with Crippen LogP contribution >= 0.6 is 0 Å². The van der Waals surface area contributed by atoms with Gasteiger partial charge in [0.1, 0.15) is 0 Å². The van der Waals surface area contributed by atoms with Gasteiger partial charge in [-0.25, -0.2) is 0 Å². The zero-order valence-electron chi connectivity index (χ0n) is 20.2. The van der Waals surface area contributed by atoms with Crippen LogP contribution in [0.3, 0.4) is 0 Å². The Morgan fingerprint density at radius 2 is 1.50 bits per heavy atom. The summed E-state index contributed by atoms with van der Waals surface area (Å²) in [6.07, 6.45) is 0.600. The normalized spacial score (nSPS) is 10.2. The number of rotatable bonds is 10. The van der Waals surface area contributed by atoms with E-state index in [9.17, 15) is 19.2 Å². The van der Waals surface area contributed by atoms with Gasteiger partial charge in [-0.2, -0.15) is 0 Å². The molecular weight excluding hydrogens is 462 g/mol. The fourth-order valence-corrected chi connectivity index (χ4v) is 3.45. The molecule has 36 heavy (non-hydrogen) atoms. The fraction of sp³-hybridized carbons (Fsp3) is 0.185. The van der Waals surface area contributed by atoms with E-state index >= 15 is 0 Å². The zero-order valence-corrected chi connectivity index (χ0v) is 20.2. The molecule has 0 unspecified atom stereocenters. The molecule has 0 atom stereocenters. The molecule has 0 fully saturated rings. The van der Waals surface area contributed by atoms with Crippen LogP contribution in [0.2, 0.25) is 0 Å². The van der Waals surface area contributed by atoms with Gasteiger partial charge in [0.2, 0.25) is 5.91 Å². The van der Waals surface area contributed by atoms with E-state index in [1.807, 2.05) is 18.2 Å². The van der Waals surface area contributed by atoms with Crippen molar-refractivity contribution in [3.63, 3.8) is 0 Å². The van der Waals surface area contributed by atoms with Gasteiger partial charge in [-0.3, -0.25) is 19.2 Å². The quantitative estimate of drug-likeness (QED) is 0.296. The van der Waals surface area contributed by atoms with Gasteiger partial charge in [-0.15, -0.1) is 0 Å². The van der Waals surface area contributed by atoms with Crippen LogP contribution in [-0.4, -0.2) is 44.3 Å². The van der Waals surface area contributed by atoms with Crippen molar-refractivity contribution >= 4 is 34.9 Å². The molecule has 0 saturated heterocycles. The second-order valence-electron chi connectivity index (χ2n) is 7.78. The van der Waals surface area contributed by atoms with Crippen LogP contribution in [0, 0.1) is 0 Å². The number of anilines is 2. The molecule has 9 nitrogen and oxygen atoms in total. The van der Waals surface area contributed by atoms with Crippen LogP contribution in [0.1, 0.15) is 33.2 Å². The van der Waals surface area contributed by atoms with E-state index in [1.54, 1.807) is 44.6 Å². The molecule has 3 amide bonds. The highest BCUT2D eigenvalue weighted by Crippen LogP contribution is 2.27. The lowest BCUT2D eigenvalue weighted by Gasteiger charge is -2.11. The molecule has 0 aliphatic carbocycles. The Morgan fingerprint density at radius 1 is 0.806 bits per heavy atom. The van der Waals surface area contributed by atoms with E-state index < -0.39 is 11.7 Å². The molecule has 0 aromatic heterocycles. The maximum absolute atomic E-state index is 12.6. The summed E-state index contributed by atoms with van der Waals surface area (Å²) in [5.74, 6) is -1.02. The van der Waals surface area contributed by atoms with E-state index in [4.69, 9.17) is 9.47 Å². The topological polar surface area (TPSA) is 123 Å². The standard InChI is InChI=1S/C27H27N3O6/c1-17(31)29-22-7-5-4-6-21(22)25(32)27(34)30-20-11-9-19(10-12-20)26(33)28-15-14-18-8-13-23(35-2)24(16-18)36-3/h4-13,16H,14-15H2,1-3H3,(H,28,33)(H,29,31)(H,30,34). The number of ether oxygens (including phenoxy) is 2. The van der Waals surface area contributed by atoms with Gasteiger partial charge in [0.25, 0.3) is 17.6 Å². The second-order valence-corrected chi connectivity index (χ2v) is 7.78. The lowest BCUT2D eigenvalue weighted by molar-refractivity contribution is -0.114. The van der Waals surface area contributed by atoms with Crippen molar-refractivity contribution in [1.82, 2.24) is 5.32 Å². The number of nitrogens with one attached hydrogen (secondary N) is 3. The molecule has 3 N–H and O–H groups in total. The van der Waals surface area contributed by atoms with E-state index in [1.165, 1.54) is 25.1 Å². The summed E-state index contributed by atoms with van der Waals surface area (Å²) in [6, 6.07) is 18.0. The van der Waals surface area contributed by atoms with Gasteiger partial charge in [0.15, 0.2) is 11.5 Å². The molecule has 0 saturated carbocycles. The Bertz CT molecular complexity index is 1270. The third kappa shape index (κ3) is 6.69. The number of Topliss-reactive ketones (excluding diaryl/α,β-unsaturated/α-hetero) is 1. The highest BCUT2D eigenvalue weighted by molar-refractivity contribution is 6.47. The molecule has 0 bridgehead atoms. The van der Waals surface area contributed by atoms with Crippen molar-refractivity contribution < 1.29 is 28.7 Å². The number of amides is 3. The summed E-state index contributed by atoms with van der Waals surface area (Å²) in [5, 5.41) is 7.90. The van der Waals surface area contributed by atoms with Crippen LogP contribution in [0.5, 0.6) is 11.5 Å². The minimum absolute atomic E-state index is 0.0793. The maximum Gasteiger partial charge on any atom is 0.296 e. The molecule has 0 radical (unpaired) electrons. The Balaban J connectivity index is 1.55. The first-order valence-electron chi connectivity index (χ1n) is 11.1. The van der Waals surface area contributed by atoms with E-state index in [0.717, 1.165) is 5.56 Å². The van der Waals surface area contributed by atoms with Crippen molar-refractivity contribution in [3.8, 4) is 11.5 Å². The van der Waals surface area contributed by atoms with Crippen molar-refractivity contribution in [2.45, 2.75) is 13.3 Å². The summed E-state index contributed by atoms with van der Waals surface area (Å²) in [5.41, 5.74) is 2.08. The zero-order chi connectivity index (χ0) is 26.1. The number of methoxy groups -OCH3 is 2. The summed E-state index contributed by atoms with van der Waals surface area (Å²) >= 11 is 0. The first-order chi connectivity index (χ1) is 17.3. The van der Waals surface area contributed by atoms with Crippen molar-refractivity contribution in [2.75, 3.05) is 31.4 Å². The minimum Gasteiger partial charge on any atom is -0.493 e. The number of para-hydroxylation sites is 1. The Hall–Kier alpha value is -4.66. The largest absolute Gasteiger partial charge is 0.493 e. The molecule has 0 heterocycles. The van der Waals surface area contributed by atoms with Crippen LogP contribution < -0.4 is 25.4 Å².